The fourth-order valence-electron chi connectivity index (χ4n) is 2.03. The van der Waals surface area contributed by atoms with Gasteiger partial charge in [-0.1, -0.05) is 35.9 Å². The molecule has 0 atom stereocenters. The Hall–Kier alpha value is -1.68. The third kappa shape index (κ3) is 3.25. The summed E-state index contributed by atoms with van der Waals surface area (Å²) < 4.78 is 14.2. The number of aryl methyl sites for hydroxylation is 1. The van der Waals surface area contributed by atoms with Crippen molar-refractivity contribution in [1.82, 2.24) is 4.90 Å². The van der Waals surface area contributed by atoms with Crippen LogP contribution in [0.4, 0.5) is 4.39 Å². The summed E-state index contributed by atoms with van der Waals surface area (Å²) in [6.45, 7) is 2.45. The van der Waals surface area contributed by atoms with E-state index in [2.05, 4.69) is 15.9 Å². The fourth-order valence-corrected chi connectivity index (χ4v) is 2.40. The van der Waals surface area contributed by atoms with Gasteiger partial charge in [-0.3, -0.25) is 4.79 Å². The monoisotopic (exact) mass is 335 g/mol. The minimum atomic E-state index is -0.520. The molecule has 0 radical (unpaired) electrons. The largest absolute Gasteiger partial charge is 0.337 e. The van der Waals surface area contributed by atoms with E-state index >= 15 is 0 Å². The van der Waals surface area contributed by atoms with Crippen molar-refractivity contribution < 1.29 is 9.18 Å². The number of rotatable bonds is 3. The standard InChI is InChI=1S/C16H15BrFNO/c1-11-5-3-6-12(9-11)10-19(2)16(20)13-7-4-8-14(17)15(13)18/h3-9H,10H2,1-2H3. The van der Waals surface area contributed by atoms with Crippen molar-refractivity contribution in [3.63, 3.8) is 0 Å². The Bertz CT molecular complexity index is 642. The van der Waals surface area contributed by atoms with Crippen molar-refractivity contribution in [3.05, 3.63) is 69.4 Å². The molecule has 0 N–H and O–H groups in total. The average Bonchev–Trinajstić information content (AvgIpc) is 2.41. The van der Waals surface area contributed by atoms with E-state index in [-0.39, 0.29) is 11.5 Å². The van der Waals surface area contributed by atoms with Gasteiger partial charge in [0.25, 0.3) is 5.91 Å². The van der Waals surface area contributed by atoms with E-state index in [0.29, 0.717) is 11.0 Å². The number of hydrogen-bond donors (Lipinski definition) is 0. The average molecular weight is 336 g/mol. The van der Waals surface area contributed by atoms with Crippen LogP contribution < -0.4 is 0 Å². The van der Waals surface area contributed by atoms with Crippen LogP contribution in [0.15, 0.2) is 46.9 Å². The molecule has 0 bridgehead atoms. The van der Waals surface area contributed by atoms with Gasteiger partial charge in [0.1, 0.15) is 5.82 Å². The summed E-state index contributed by atoms with van der Waals surface area (Å²) in [5, 5.41) is 0. The van der Waals surface area contributed by atoms with Gasteiger partial charge in [-0.2, -0.15) is 0 Å². The Balaban J connectivity index is 2.19. The summed E-state index contributed by atoms with van der Waals surface area (Å²) in [7, 11) is 1.67. The van der Waals surface area contributed by atoms with Crippen LogP contribution in [0.25, 0.3) is 0 Å². The van der Waals surface area contributed by atoms with Crippen molar-refractivity contribution in [2.75, 3.05) is 7.05 Å². The second-order valence-electron chi connectivity index (χ2n) is 4.75. The first-order chi connectivity index (χ1) is 9.49. The molecule has 2 aromatic carbocycles. The Morgan fingerprint density at radius 2 is 1.95 bits per heavy atom. The zero-order valence-corrected chi connectivity index (χ0v) is 12.9. The summed E-state index contributed by atoms with van der Waals surface area (Å²) in [6, 6.07) is 12.6. The zero-order chi connectivity index (χ0) is 14.7. The van der Waals surface area contributed by atoms with Gasteiger partial charge in [0, 0.05) is 13.6 Å². The molecule has 0 spiro atoms. The number of carbonyl (C=O) groups is 1. The SMILES string of the molecule is Cc1cccc(CN(C)C(=O)c2cccc(Br)c2F)c1. The smallest absolute Gasteiger partial charge is 0.256 e. The fraction of sp³-hybridized carbons (Fsp3) is 0.188. The highest BCUT2D eigenvalue weighted by atomic mass is 79.9. The lowest BCUT2D eigenvalue weighted by Crippen LogP contribution is -2.27. The molecule has 0 heterocycles. The second-order valence-corrected chi connectivity index (χ2v) is 5.61. The molecule has 0 unspecified atom stereocenters. The first-order valence-electron chi connectivity index (χ1n) is 6.24. The van der Waals surface area contributed by atoms with E-state index in [1.807, 2.05) is 31.2 Å². The van der Waals surface area contributed by atoms with E-state index in [4.69, 9.17) is 0 Å². The normalized spacial score (nSPS) is 10.4. The number of carbonyl (C=O) groups excluding carboxylic acids is 1. The lowest BCUT2D eigenvalue weighted by Gasteiger charge is -2.18. The molecule has 0 aliphatic heterocycles. The van der Waals surface area contributed by atoms with Crippen LogP contribution >= 0.6 is 15.9 Å². The number of amides is 1. The van der Waals surface area contributed by atoms with Crippen LogP contribution in [-0.4, -0.2) is 17.9 Å². The zero-order valence-electron chi connectivity index (χ0n) is 11.4. The summed E-state index contributed by atoms with van der Waals surface area (Å²) in [5.74, 6) is -0.848. The van der Waals surface area contributed by atoms with Crippen molar-refractivity contribution in [2.24, 2.45) is 0 Å². The van der Waals surface area contributed by atoms with Gasteiger partial charge in [0.05, 0.1) is 10.0 Å². The first-order valence-corrected chi connectivity index (χ1v) is 7.03. The predicted octanol–water partition coefficient (Wildman–Crippen LogP) is 4.17. The number of halogens is 2. The van der Waals surface area contributed by atoms with Crippen LogP contribution in [0.5, 0.6) is 0 Å². The summed E-state index contributed by atoms with van der Waals surface area (Å²) >= 11 is 3.09. The summed E-state index contributed by atoms with van der Waals surface area (Å²) in [6.07, 6.45) is 0. The van der Waals surface area contributed by atoms with Crippen LogP contribution in [0.1, 0.15) is 21.5 Å². The van der Waals surface area contributed by atoms with E-state index < -0.39 is 5.82 Å². The predicted molar refractivity (Wildman–Crippen MR) is 81.1 cm³/mol. The molecule has 4 heteroatoms. The third-order valence-electron chi connectivity index (χ3n) is 3.03. The van der Waals surface area contributed by atoms with Crippen molar-refractivity contribution in [2.45, 2.75) is 13.5 Å². The van der Waals surface area contributed by atoms with Gasteiger partial charge in [0.15, 0.2) is 0 Å². The molecule has 0 aliphatic rings. The van der Waals surface area contributed by atoms with Gasteiger partial charge < -0.3 is 4.90 Å². The van der Waals surface area contributed by atoms with E-state index in [1.165, 1.54) is 11.0 Å². The van der Waals surface area contributed by atoms with Gasteiger partial charge in [-0.25, -0.2) is 4.39 Å². The van der Waals surface area contributed by atoms with E-state index in [9.17, 15) is 9.18 Å². The topological polar surface area (TPSA) is 20.3 Å². The molecular weight excluding hydrogens is 321 g/mol. The summed E-state index contributed by atoms with van der Waals surface area (Å²) in [4.78, 5) is 13.8. The number of nitrogens with zero attached hydrogens (tertiary/aromatic N) is 1. The Morgan fingerprint density at radius 1 is 1.25 bits per heavy atom. The molecule has 2 nitrogen and oxygen atoms in total. The van der Waals surface area contributed by atoms with Crippen molar-refractivity contribution >= 4 is 21.8 Å². The van der Waals surface area contributed by atoms with E-state index in [1.54, 1.807) is 19.2 Å². The minimum absolute atomic E-state index is 0.0783. The maximum Gasteiger partial charge on any atom is 0.256 e. The molecule has 0 aliphatic carbocycles. The van der Waals surface area contributed by atoms with Gasteiger partial charge in [0.2, 0.25) is 0 Å². The highest BCUT2D eigenvalue weighted by Crippen LogP contribution is 2.20. The molecule has 104 valence electrons. The first kappa shape index (κ1) is 14.7. The maximum absolute atomic E-state index is 13.9. The molecular formula is C16H15BrFNO. The van der Waals surface area contributed by atoms with Crippen LogP contribution in [0.2, 0.25) is 0 Å². The van der Waals surface area contributed by atoms with Gasteiger partial charge >= 0.3 is 0 Å². The molecule has 2 rings (SSSR count). The van der Waals surface area contributed by atoms with Crippen molar-refractivity contribution in [3.8, 4) is 0 Å². The number of benzene rings is 2. The molecule has 0 saturated heterocycles. The molecule has 0 saturated carbocycles. The highest BCUT2D eigenvalue weighted by molar-refractivity contribution is 9.10. The highest BCUT2D eigenvalue weighted by Gasteiger charge is 2.17. The quantitative estimate of drug-likeness (QED) is 0.824. The second kappa shape index (κ2) is 6.18. The Kier molecular flexibility index (Phi) is 4.55. The lowest BCUT2D eigenvalue weighted by molar-refractivity contribution is 0.0780. The van der Waals surface area contributed by atoms with Gasteiger partial charge in [-0.05, 0) is 40.5 Å². The van der Waals surface area contributed by atoms with Crippen LogP contribution in [0.3, 0.4) is 0 Å². The molecule has 0 aromatic heterocycles. The number of hydrogen-bond acceptors (Lipinski definition) is 1. The Morgan fingerprint density at radius 3 is 2.65 bits per heavy atom. The third-order valence-corrected chi connectivity index (χ3v) is 3.64. The molecule has 0 fully saturated rings. The van der Waals surface area contributed by atoms with Crippen LogP contribution in [-0.2, 0) is 6.54 Å². The molecule has 2 aromatic rings. The maximum atomic E-state index is 13.9. The lowest BCUT2D eigenvalue weighted by atomic mass is 10.1. The molecule has 1 amide bonds. The summed E-state index contributed by atoms with van der Waals surface area (Å²) in [5.41, 5.74) is 2.24. The molecule has 20 heavy (non-hydrogen) atoms. The van der Waals surface area contributed by atoms with Crippen LogP contribution in [0, 0.1) is 12.7 Å². The Labute approximate surface area is 126 Å². The van der Waals surface area contributed by atoms with Crippen molar-refractivity contribution in [1.29, 1.82) is 0 Å². The van der Waals surface area contributed by atoms with E-state index in [0.717, 1.165) is 11.1 Å². The van der Waals surface area contributed by atoms with Gasteiger partial charge in [-0.15, -0.1) is 0 Å². The minimum Gasteiger partial charge on any atom is -0.337 e.